The lowest BCUT2D eigenvalue weighted by atomic mass is 9.95. The van der Waals surface area contributed by atoms with Gasteiger partial charge in [0.25, 0.3) is 0 Å². The van der Waals surface area contributed by atoms with Gasteiger partial charge >= 0.3 is 0 Å². The highest BCUT2D eigenvalue weighted by atomic mass is 16.5. The molecule has 0 heterocycles. The molecule has 0 aliphatic heterocycles. The minimum absolute atomic E-state index is 0.0803. The quantitative estimate of drug-likeness (QED) is 0.725. The summed E-state index contributed by atoms with van der Waals surface area (Å²) in [6.07, 6.45) is 5.13. The molecule has 0 amide bonds. The summed E-state index contributed by atoms with van der Waals surface area (Å²) < 4.78 is 5.20. The van der Waals surface area contributed by atoms with E-state index in [9.17, 15) is 4.79 Å². The van der Waals surface area contributed by atoms with Crippen molar-refractivity contribution in [3.63, 3.8) is 0 Å². The van der Waals surface area contributed by atoms with E-state index in [0.717, 1.165) is 0 Å². The van der Waals surface area contributed by atoms with Gasteiger partial charge in [0.05, 0.1) is 12.7 Å². The zero-order valence-corrected chi connectivity index (χ0v) is 9.95. The van der Waals surface area contributed by atoms with Crippen molar-refractivity contribution in [2.75, 3.05) is 7.11 Å². The van der Waals surface area contributed by atoms with Crippen LogP contribution in [0.4, 0.5) is 0 Å². The van der Waals surface area contributed by atoms with E-state index in [4.69, 9.17) is 4.74 Å². The van der Waals surface area contributed by atoms with Gasteiger partial charge < -0.3 is 4.74 Å². The molecule has 1 saturated carbocycles. The first kappa shape index (κ1) is 11.2. The molecule has 1 aliphatic rings. The standard InChI is InChI=1S/C14H18O2/c1-10(15)13-9-12(7-8-14(13)16-2)11-5-3-4-6-11/h7-9,11H,3-6H2,1-2H3. The highest BCUT2D eigenvalue weighted by molar-refractivity contribution is 5.97. The van der Waals surface area contributed by atoms with E-state index >= 15 is 0 Å². The summed E-state index contributed by atoms with van der Waals surface area (Å²) in [5, 5.41) is 0. The van der Waals surface area contributed by atoms with Crippen LogP contribution in [0.2, 0.25) is 0 Å². The number of hydrogen-bond acceptors (Lipinski definition) is 2. The van der Waals surface area contributed by atoms with Crippen LogP contribution < -0.4 is 4.74 Å². The Morgan fingerprint density at radius 2 is 2.00 bits per heavy atom. The second-order valence-corrected chi connectivity index (χ2v) is 4.50. The minimum Gasteiger partial charge on any atom is -0.496 e. The third kappa shape index (κ3) is 2.11. The molecular weight excluding hydrogens is 200 g/mol. The first-order valence-corrected chi connectivity index (χ1v) is 5.91. The van der Waals surface area contributed by atoms with Gasteiger partial charge in [-0.15, -0.1) is 0 Å². The molecule has 0 aromatic heterocycles. The molecule has 0 atom stereocenters. The maximum atomic E-state index is 11.5. The van der Waals surface area contributed by atoms with Crippen molar-refractivity contribution in [3.05, 3.63) is 29.3 Å². The zero-order valence-electron chi connectivity index (χ0n) is 9.95. The van der Waals surface area contributed by atoms with Gasteiger partial charge in [-0.3, -0.25) is 4.79 Å². The van der Waals surface area contributed by atoms with E-state index in [1.807, 2.05) is 12.1 Å². The molecule has 1 aromatic carbocycles. The predicted octanol–water partition coefficient (Wildman–Crippen LogP) is 3.56. The van der Waals surface area contributed by atoms with Gasteiger partial charge in [0.15, 0.2) is 5.78 Å². The fourth-order valence-electron chi connectivity index (χ4n) is 2.51. The van der Waals surface area contributed by atoms with Crippen LogP contribution in [0, 0.1) is 0 Å². The van der Waals surface area contributed by atoms with E-state index in [1.165, 1.54) is 31.2 Å². The van der Waals surface area contributed by atoms with E-state index in [0.29, 0.717) is 17.2 Å². The molecule has 0 radical (unpaired) electrons. The van der Waals surface area contributed by atoms with E-state index in [-0.39, 0.29) is 5.78 Å². The molecule has 0 unspecified atom stereocenters. The van der Waals surface area contributed by atoms with Crippen LogP contribution in [-0.2, 0) is 0 Å². The first-order valence-electron chi connectivity index (χ1n) is 5.91. The molecule has 2 nitrogen and oxygen atoms in total. The lowest BCUT2D eigenvalue weighted by Gasteiger charge is -2.13. The maximum absolute atomic E-state index is 11.5. The Hall–Kier alpha value is -1.31. The number of ketones is 1. The van der Waals surface area contributed by atoms with Crippen LogP contribution >= 0.6 is 0 Å². The minimum atomic E-state index is 0.0803. The van der Waals surface area contributed by atoms with Gasteiger partial charge in [0.2, 0.25) is 0 Å². The Morgan fingerprint density at radius 1 is 1.31 bits per heavy atom. The highest BCUT2D eigenvalue weighted by Gasteiger charge is 2.19. The Morgan fingerprint density at radius 3 is 2.56 bits per heavy atom. The summed E-state index contributed by atoms with van der Waals surface area (Å²) in [4.78, 5) is 11.5. The van der Waals surface area contributed by atoms with Crippen LogP contribution in [0.5, 0.6) is 5.75 Å². The Labute approximate surface area is 96.6 Å². The first-order chi connectivity index (χ1) is 7.72. The van der Waals surface area contributed by atoms with Crippen LogP contribution in [-0.4, -0.2) is 12.9 Å². The number of methoxy groups -OCH3 is 1. The van der Waals surface area contributed by atoms with Crippen molar-refractivity contribution in [3.8, 4) is 5.75 Å². The van der Waals surface area contributed by atoms with Crippen molar-refractivity contribution < 1.29 is 9.53 Å². The average Bonchev–Trinajstić information content (AvgIpc) is 2.81. The van der Waals surface area contributed by atoms with Crippen LogP contribution in [0.25, 0.3) is 0 Å². The Bertz CT molecular complexity index is 390. The van der Waals surface area contributed by atoms with Crippen LogP contribution in [0.1, 0.15) is 54.4 Å². The van der Waals surface area contributed by atoms with E-state index < -0.39 is 0 Å². The van der Waals surface area contributed by atoms with Crippen molar-refractivity contribution in [1.82, 2.24) is 0 Å². The normalized spacial score (nSPS) is 16.4. The average molecular weight is 218 g/mol. The molecule has 1 aromatic rings. The van der Waals surface area contributed by atoms with Gasteiger partial charge in [-0.05, 0) is 43.4 Å². The zero-order chi connectivity index (χ0) is 11.5. The summed E-state index contributed by atoms with van der Waals surface area (Å²) in [6.45, 7) is 1.59. The second-order valence-electron chi connectivity index (χ2n) is 4.50. The number of hydrogen-bond donors (Lipinski definition) is 0. The predicted molar refractivity (Wildman–Crippen MR) is 64.2 cm³/mol. The highest BCUT2D eigenvalue weighted by Crippen LogP contribution is 2.35. The topological polar surface area (TPSA) is 26.3 Å². The fourth-order valence-corrected chi connectivity index (χ4v) is 2.51. The number of carbonyl (C=O) groups is 1. The number of ether oxygens (including phenoxy) is 1. The summed E-state index contributed by atoms with van der Waals surface area (Å²) in [5.74, 6) is 1.41. The monoisotopic (exact) mass is 218 g/mol. The maximum Gasteiger partial charge on any atom is 0.163 e. The van der Waals surface area contributed by atoms with Crippen molar-refractivity contribution in [1.29, 1.82) is 0 Å². The molecule has 0 N–H and O–H groups in total. The third-order valence-electron chi connectivity index (χ3n) is 3.43. The van der Waals surface area contributed by atoms with Gasteiger partial charge in [-0.2, -0.15) is 0 Å². The molecule has 0 spiro atoms. The molecule has 86 valence electrons. The van der Waals surface area contributed by atoms with Gasteiger partial charge in [-0.1, -0.05) is 18.9 Å². The molecule has 1 fully saturated rings. The molecule has 1 aliphatic carbocycles. The lowest BCUT2D eigenvalue weighted by Crippen LogP contribution is -2.01. The van der Waals surface area contributed by atoms with Crippen LogP contribution in [0.15, 0.2) is 18.2 Å². The number of carbonyl (C=O) groups excluding carboxylic acids is 1. The number of benzene rings is 1. The smallest absolute Gasteiger partial charge is 0.163 e. The van der Waals surface area contributed by atoms with E-state index in [1.54, 1.807) is 14.0 Å². The van der Waals surface area contributed by atoms with Gasteiger partial charge in [0.1, 0.15) is 5.75 Å². The SMILES string of the molecule is COc1ccc(C2CCCC2)cc1C(C)=O. The number of Topliss-reactive ketones (excluding diaryl/α,β-unsaturated/α-hetero) is 1. The number of rotatable bonds is 3. The molecule has 0 saturated heterocycles. The summed E-state index contributed by atoms with van der Waals surface area (Å²) in [6, 6.07) is 6.03. The molecule has 2 rings (SSSR count). The second kappa shape index (κ2) is 4.69. The Balaban J connectivity index is 2.34. The fraction of sp³-hybridized carbons (Fsp3) is 0.500. The molecule has 16 heavy (non-hydrogen) atoms. The molecule has 0 bridgehead atoms. The van der Waals surface area contributed by atoms with Crippen LogP contribution in [0.3, 0.4) is 0 Å². The summed E-state index contributed by atoms with van der Waals surface area (Å²) in [7, 11) is 1.61. The van der Waals surface area contributed by atoms with Crippen molar-refractivity contribution in [2.24, 2.45) is 0 Å². The Kier molecular flexibility index (Phi) is 3.28. The summed E-state index contributed by atoms with van der Waals surface area (Å²) >= 11 is 0. The third-order valence-corrected chi connectivity index (χ3v) is 3.43. The van der Waals surface area contributed by atoms with Gasteiger partial charge in [0, 0.05) is 0 Å². The molecular formula is C14H18O2. The largest absolute Gasteiger partial charge is 0.496 e. The summed E-state index contributed by atoms with van der Waals surface area (Å²) in [5.41, 5.74) is 2.01. The molecule has 2 heteroatoms. The van der Waals surface area contributed by atoms with Gasteiger partial charge in [-0.25, -0.2) is 0 Å². The van der Waals surface area contributed by atoms with E-state index in [2.05, 4.69) is 6.07 Å². The van der Waals surface area contributed by atoms with Crippen molar-refractivity contribution in [2.45, 2.75) is 38.5 Å². The van der Waals surface area contributed by atoms with Crippen molar-refractivity contribution >= 4 is 5.78 Å². The lowest BCUT2D eigenvalue weighted by molar-refractivity contribution is 0.101.